The van der Waals surface area contributed by atoms with Gasteiger partial charge in [-0.25, -0.2) is 0 Å². The molecule has 0 fully saturated rings. The fraction of sp³-hybridized carbons (Fsp3) is 0.294. The van der Waals surface area contributed by atoms with Gasteiger partial charge in [-0.1, -0.05) is 12.1 Å². The van der Waals surface area contributed by atoms with E-state index in [-0.39, 0.29) is 0 Å². The van der Waals surface area contributed by atoms with Crippen LogP contribution in [0.1, 0.15) is 16.7 Å². The molecule has 0 amide bonds. The zero-order chi connectivity index (χ0) is 14.5. The fourth-order valence-corrected chi connectivity index (χ4v) is 2.65. The van der Waals surface area contributed by atoms with Gasteiger partial charge in [0.1, 0.15) is 5.75 Å². The second kappa shape index (κ2) is 6.71. The number of benzene rings is 2. The van der Waals surface area contributed by atoms with E-state index in [1.807, 2.05) is 0 Å². The largest absolute Gasteiger partial charge is 0.496 e. The minimum Gasteiger partial charge on any atom is -0.496 e. The number of aryl methyl sites for hydroxylation is 2. The number of methoxy groups -OCH3 is 1. The minimum absolute atomic E-state index is 0.828. The first-order valence-corrected chi connectivity index (χ1v) is 7.88. The van der Waals surface area contributed by atoms with Crippen LogP contribution < -0.4 is 10.1 Å². The molecule has 2 nitrogen and oxygen atoms in total. The average Bonchev–Trinajstić information content (AvgIpc) is 2.48. The van der Waals surface area contributed by atoms with Crippen molar-refractivity contribution in [1.82, 2.24) is 0 Å². The van der Waals surface area contributed by atoms with Gasteiger partial charge >= 0.3 is 0 Å². The summed E-state index contributed by atoms with van der Waals surface area (Å²) in [7, 11) is 1.72. The first-order valence-electron chi connectivity index (χ1n) is 6.66. The maximum atomic E-state index is 5.35. The SMILES string of the molecule is COc1cc(C)c(CNc2cccc(SC)c2)cc1C. The van der Waals surface area contributed by atoms with E-state index < -0.39 is 0 Å². The lowest BCUT2D eigenvalue weighted by molar-refractivity contribution is 0.411. The number of anilines is 1. The number of ether oxygens (including phenoxy) is 1. The van der Waals surface area contributed by atoms with E-state index in [0.29, 0.717) is 0 Å². The van der Waals surface area contributed by atoms with Crippen molar-refractivity contribution in [3.05, 3.63) is 53.1 Å². The van der Waals surface area contributed by atoms with Crippen LogP contribution in [0.25, 0.3) is 0 Å². The van der Waals surface area contributed by atoms with Crippen molar-refractivity contribution >= 4 is 17.4 Å². The Bertz CT molecular complexity index is 596. The van der Waals surface area contributed by atoms with Crippen molar-refractivity contribution in [2.45, 2.75) is 25.3 Å². The van der Waals surface area contributed by atoms with E-state index in [1.54, 1.807) is 18.9 Å². The second-order valence-corrected chi connectivity index (χ2v) is 5.71. The number of thioether (sulfide) groups is 1. The lowest BCUT2D eigenvalue weighted by Crippen LogP contribution is -2.02. The first-order chi connectivity index (χ1) is 9.63. The Kier molecular flexibility index (Phi) is 4.96. The van der Waals surface area contributed by atoms with E-state index >= 15 is 0 Å². The van der Waals surface area contributed by atoms with Crippen molar-refractivity contribution < 1.29 is 4.74 Å². The van der Waals surface area contributed by atoms with Crippen molar-refractivity contribution in [1.29, 1.82) is 0 Å². The molecule has 20 heavy (non-hydrogen) atoms. The first kappa shape index (κ1) is 14.8. The van der Waals surface area contributed by atoms with Gasteiger partial charge in [-0.3, -0.25) is 0 Å². The smallest absolute Gasteiger partial charge is 0.122 e. The highest BCUT2D eigenvalue weighted by molar-refractivity contribution is 7.98. The van der Waals surface area contributed by atoms with Crippen LogP contribution in [0, 0.1) is 13.8 Å². The van der Waals surface area contributed by atoms with Gasteiger partial charge in [-0.15, -0.1) is 11.8 Å². The third kappa shape index (κ3) is 3.48. The van der Waals surface area contributed by atoms with Crippen LogP contribution in [0.4, 0.5) is 5.69 Å². The Morgan fingerprint density at radius 2 is 1.90 bits per heavy atom. The molecule has 2 aromatic rings. The third-order valence-electron chi connectivity index (χ3n) is 3.41. The van der Waals surface area contributed by atoms with Gasteiger partial charge in [0, 0.05) is 17.1 Å². The van der Waals surface area contributed by atoms with Gasteiger partial charge in [0.2, 0.25) is 0 Å². The summed E-state index contributed by atoms with van der Waals surface area (Å²) in [6.07, 6.45) is 2.09. The van der Waals surface area contributed by atoms with E-state index in [1.165, 1.54) is 21.6 Å². The standard InChI is InChI=1S/C17H21NOS/c1-12-9-17(19-3)13(2)8-14(12)11-18-15-6-5-7-16(10-15)20-4/h5-10,18H,11H2,1-4H3. The molecular weight excluding hydrogens is 266 g/mol. The van der Waals surface area contributed by atoms with Crippen LogP contribution in [0.15, 0.2) is 41.3 Å². The maximum absolute atomic E-state index is 5.35. The number of hydrogen-bond donors (Lipinski definition) is 1. The lowest BCUT2D eigenvalue weighted by Gasteiger charge is -2.13. The quantitative estimate of drug-likeness (QED) is 0.809. The number of hydrogen-bond acceptors (Lipinski definition) is 3. The lowest BCUT2D eigenvalue weighted by atomic mass is 10.0. The van der Waals surface area contributed by atoms with Crippen LogP contribution in [0.5, 0.6) is 5.75 Å². The fourth-order valence-electron chi connectivity index (χ4n) is 2.19. The molecule has 3 heteroatoms. The Morgan fingerprint density at radius 3 is 2.60 bits per heavy atom. The zero-order valence-electron chi connectivity index (χ0n) is 12.5. The Balaban J connectivity index is 2.12. The monoisotopic (exact) mass is 287 g/mol. The molecule has 0 saturated carbocycles. The van der Waals surface area contributed by atoms with Gasteiger partial charge in [-0.2, -0.15) is 0 Å². The summed E-state index contributed by atoms with van der Waals surface area (Å²) < 4.78 is 5.35. The summed E-state index contributed by atoms with van der Waals surface area (Å²) in [5, 5.41) is 3.49. The summed E-state index contributed by atoms with van der Waals surface area (Å²) in [4.78, 5) is 1.28. The van der Waals surface area contributed by atoms with E-state index in [4.69, 9.17) is 4.74 Å². The second-order valence-electron chi connectivity index (χ2n) is 4.83. The van der Waals surface area contributed by atoms with Crippen molar-refractivity contribution in [2.24, 2.45) is 0 Å². The molecule has 0 aromatic heterocycles. The number of nitrogens with one attached hydrogen (secondary N) is 1. The molecule has 0 aliphatic rings. The van der Waals surface area contributed by atoms with Crippen molar-refractivity contribution in [2.75, 3.05) is 18.7 Å². The Hall–Kier alpha value is -1.61. The highest BCUT2D eigenvalue weighted by Crippen LogP contribution is 2.24. The normalized spacial score (nSPS) is 10.4. The molecule has 0 heterocycles. The Labute approximate surface area is 125 Å². The number of rotatable bonds is 5. The molecule has 0 aliphatic heterocycles. The highest BCUT2D eigenvalue weighted by Gasteiger charge is 2.05. The molecule has 0 radical (unpaired) electrons. The van der Waals surface area contributed by atoms with Gasteiger partial charge in [0.15, 0.2) is 0 Å². The molecule has 0 unspecified atom stereocenters. The molecule has 106 valence electrons. The predicted octanol–water partition coefficient (Wildman–Crippen LogP) is 4.65. The van der Waals surface area contributed by atoms with E-state index in [9.17, 15) is 0 Å². The molecule has 0 bridgehead atoms. The molecular formula is C17H21NOS. The molecule has 2 aromatic carbocycles. The Morgan fingerprint density at radius 1 is 1.10 bits per heavy atom. The van der Waals surface area contributed by atoms with Crippen LogP contribution in [0.3, 0.4) is 0 Å². The van der Waals surface area contributed by atoms with Gasteiger partial charge in [0.05, 0.1) is 7.11 Å². The average molecular weight is 287 g/mol. The van der Waals surface area contributed by atoms with Crippen LogP contribution in [0.2, 0.25) is 0 Å². The zero-order valence-corrected chi connectivity index (χ0v) is 13.3. The minimum atomic E-state index is 0.828. The van der Waals surface area contributed by atoms with Crippen LogP contribution in [-0.2, 0) is 6.54 Å². The molecule has 0 aliphatic carbocycles. The third-order valence-corrected chi connectivity index (χ3v) is 4.13. The van der Waals surface area contributed by atoms with E-state index in [0.717, 1.165) is 18.0 Å². The molecule has 2 rings (SSSR count). The van der Waals surface area contributed by atoms with E-state index in [2.05, 4.69) is 61.8 Å². The summed E-state index contributed by atoms with van der Waals surface area (Å²) in [6.45, 7) is 5.03. The maximum Gasteiger partial charge on any atom is 0.122 e. The topological polar surface area (TPSA) is 21.3 Å². The van der Waals surface area contributed by atoms with Gasteiger partial charge < -0.3 is 10.1 Å². The van der Waals surface area contributed by atoms with Crippen LogP contribution in [-0.4, -0.2) is 13.4 Å². The van der Waals surface area contributed by atoms with Crippen molar-refractivity contribution in [3.63, 3.8) is 0 Å². The molecule has 0 spiro atoms. The van der Waals surface area contributed by atoms with Gasteiger partial charge in [0.25, 0.3) is 0 Å². The molecule has 1 N–H and O–H groups in total. The molecule has 0 atom stereocenters. The van der Waals surface area contributed by atoms with Crippen molar-refractivity contribution in [3.8, 4) is 5.75 Å². The predicted molar refractivity (Wildman–Crippen MR) is 88.0 cm³/mol. The summed E-state index contributed by atoms with van der Waals surface area (Å²) in [6, 6.07) is 12.8. The summed E-state index contributed by atoms with van der Waals surface area (Å²) >= 11 is 1.76. The van der Waals surface area contributed by atoms with Crippen LogP contribution >= 0.6 is 11.8 Å². The summed E-state index contributed by atoms with van der Waals surface area (Å²) in [5.74, 6) is 0.954. The molecule has 0 saturated heterocycles. The summed E-state index contributed by atoms with van der Waals surface area (Å²) in [5.41, 5.74) is 4.89. The van der Waals surface area contributed by atoms with Gasteiger partial charge in [-0.05, 0) is 61.1 Å². The highest BCUT2D eigenvalue weighted by atomic mass is 32.2.